The summed E-state index contributed by atoms with van der Waals surface area (Å²) in [4.78, 5) is 10.2. The number of nitrogens with zero attached hydrogens (tertiary/aromatic N) is 1. The Kier molecular flexibility index (Phi) is 5.22. The van der Waals surface area contributed by atoms with Crippen molar-refractivity contribution in [2.24, 2.45) is 0 Å². The lowest BCUT2D eigenvalue weighted by Crippen LogP contribution is -2.28. The molecule has 0 aliphatic rings. The fraction of sp³-hybridized carbons (Fsp3) is 0.176. The number of furan rings is 1. The van der Waals surface area contributed by atoms with Crippen molar-refractivity contribution in [1.29, 1.82) is 0 Å². The second-order valence-electron chi connectivity index (χ2n) is 5.83. The number of nitro groups is 1. The van der Waals surface area contributed by atoms with Crippen LogP contribution in [0.4, 0.5) is 18.9 Å². The van der Waals surface area contributed by atoms with Crippen LogP contribution in [0.3, 0.4) is 0 Å². The van der Waals surface area contributed by atoms with E-state index in [1.807, 2.05) is 0 Å². The highest BCUT2D eigenvalue weighted by atomic mass is 35.5. The first-order valence-corrected chi connectivity index (χ1v) is 9.73. The molecule has 0 amide bonds. The van der Waals surface area contributed by atoms with Crippen LogP contribution in [0.25, 0.3) is 22.3 Å². The van der Waals surface area contributed by atoms with E-state index in [1.54, 1.807) is 31.2 Å². The summed E-state index contributed by atoms with van der Waals surface area (Å²) in [6, 6.07) is 8.15. The molecule has 0 spiro atoms. The lowest BCUT2D eigenvalue weighted by atomic mass is 10.0. The molecular weight excluding hydrogens is 439 g/mol. The number of halogens is 4. The van der Waals surface area contributed by atoms with Gasteiger partial charge in [0.2, 0.25) is 5.75 Å². The van der Waals surface area contributed by atoms with Gasteiger partial charge >= 0.3 is 21.3 Å². The number of rotatable bonds is 5. The highest BCUT2D eigenvalue weighted by molar-refractivity contribution is 7.88. The molecule has 0 saturated carbocycles. The molecule has 0 saturated heterocycles. The first-order valence-electron chi connectivity index (χ1n) is 7.95. The van der Waals surface area contributed by atoms with E-state index in [2.05, 4.69) is 4.18 Å². The highest BCUT2D eigenvalue weighted by Crippen LogP contribution is 2.41. The number of fused-ring (bicyclic) bond motifs is 1. The minimum atomic E-state index is -6.09. The molecule has 154 valence electrons. The molecule has 3 aromatic rings. The molecule has 12 heteroatoms. The molecule has 0 N–H and O–H groups in total. The van der Waals surface area contributed by atoms with Crippen LogP contribution >= 0.6 is 11.6 Å². The Morgan fingerprint density at radius 1 is 1.21 bits per heavy atom. The minimum Gasteiger partial charge on any atom is -0.456 e. The molecule has 7 nitrogen and oxygen atoms in total. The van der Waals surface area contributed by atoms with Gasteiger partial charge in [0.25, 0.3) is 0 Å². The number of hydrogen-bond donors (Lipinski definition) is 0. The van der Waals surface area contributed by atoms with Gasteiger partial charge in [-0.25, -0.2) is 0 Å². The van der Waals surface area contributed by atoms with Gasteiger partial charge in [0.05, 0.1) is 11.0 Å². The average Bonchev–Trinajstić information content (AvgIpc) is 2.97. The first kappa shape index (κ1) is 20.9. The molecule has 0 atom stereocenters. The zero-order valence-corrected chi connectivity index (χ0v) is 16.1. The average molecular weight is 450 g/mol. The lowest BCUT2D eigenvalue weighted by Gasteiger charge is -2.09. The van der Waals surface area contributed by atoms with Crippen molar-refractivity contribution < 1.29 is 35.1 Å². The third-order valence-corrected chi connectivity index (χ3v) is 5.23. The number of alkyl halides is 3. The van der Waals surface area contributed by atoms with E-state index < -0.39 is 32.0 Å². The van der Waals surface area contributed by atoms with Gasteiger partial charge in [0, 0.05) is 27.6 Å². The van der Waals surface area contributed by atoms with E-state index in [-0.39, 0.29) is 11.0 Å². The smallest absolute Gasteiger partial charge is 0.456 e. The Morgan fingerprint density at radius 2 is 1.83 bits per heavy atom. The van der Waals surface area contributed by atoms with E-state index in [0.717, 1.165) is 12.1 Å². The molecule has 1 heterocycles. The van der Waals surface area contributed by atoms with Crippen molar-refractivity contribution in [2.45, 2.75) is 18.9 Å². The molecule has 2 aromatic carbocycles. The van der Waals surface area contributed by atoms with Crippen molar-refractivity contribution >= 4 is 38.4 Å². The molecule has 0 unspecified atom stereocenters. The van der Waals surface area contributed by atoms with Crippen molar-refractivity contribution in [3.8, 4) is 17.1 Å². The summed E-state index contributed by atoms with van der Waals surface area (Å²) in [5, 5.41) is 11.9. The molecule has 0 bridgehead atoms. The van der Waals surface area contributed by atoms with Crippen molar-refractivity contribution in [3.63, 3.8) is 0 Å². The van der Waals surface area contributed by atoms with Gasteiger partial charge in [-0.3, -0.25) is 10.1 Å². The van der Waals surface area contributed by atoms with Crippen LogP contribution in [-0.2, 0) is 16.5 Å². The topological polar surface area (TPSA) is 99.7 Å². The largest absolute Gasteiger partial charge is 0.534 e. The van der Waals surface area contributed by atoms with Crippen molar-refractivity contribution in [1.82, 2.24) is 0 Å². The zero-order chi connectivity index (χ0) is 21.6. The molecule has 0 fully saturated rings. The van der Waals surface area contributed by atoms with E-state index >= 15 is 0 Å². The number of nitro benzene ring substituents is 1. The standard InChI is InChI=1S/C17H11ClF3NO6S/c1-2-11-12-7-15(28-29(25,26)17(19,20)21)13(22(23)24)8-14(12)27-16(11)9-3-5-10(18)6-4-9/h3-8H,2H2,1H3. The molecule has 0 radical (unpaired) electrons. The maximum absolute atomic E-state index is 12.7. The fourth-order valence-electron chi connectivity index (χ4n) is 2.72. The zero-order valence-electron chi connectivity index (χ0n) is 14.5. The summed E-state index contributed by atoms with van der Waals surface area (Å²) in [5.41, 5.74) is -5.64. The summed E-state index contributed by atoms with van der Waals surface area (Å²) in [7, 11) is -6.09. The Bertz CT molecular complexity index is 1200. The van der Waals surface area contributed by atoms with Crippen molar-refractivity contribution in [3.05, 3.63) is 57.1 Å². The van der Waals surface area contributed by atoms with E-state index in [4.69, 9.17) is 16.0 Å². The minimum absolute atomic E-state index is 0.00439. The van der Waals surface area contributed by atoms with Gasteiger partial charge in [-0.05, 0) is 30.7 Å². The van der Waals surface area contributed by atoms with Crippen LogP contribution in [0.5, 0.6) is 5.75 Å². The Balaban J connectivity index is 2.24. The van der Waals surface area contributed by atoms with E-state index in [0.29, 0.717) is 28.3 Å². The fourth-order valence-corrected chi connectivity index (χ4v) is 3.31. The third kappa shape index (κ3) is 3.87. The van der Waals surface area contributed by atoms with E-state index in [1.165, 1.54) is 0 Å². The van der Waals surface area contributed by atoms with Gasteiger partial charge in [0.1, 0.15) is 11.3 Å². The summed E-state index contributed by atoms with van der Waals surface area (Å²) in [6.45, 7) is 1.73. The Morgan fingerprint density at radius 3 is 2.34 bits per heavy atom. The van der Waals surface area contributed by atoms with Gasteiger partial charge in [-0.15, -0.1) is 0 Å². The molecular formula is C17H11ClF3NO6S. The number of benzene rings is 2. The summed E-state index contributed by atoms with van der Waals surface area (Å²) in [6.07, 6.45) is 0.341. The normalized spacial score (nSPS) is 12.3. The maximum atomic E-state index is 12.7. The quantitative estimate of drug-likeness (QED) is 0.222. The van der Waals surface area contributed by atoms with Crippen LogP contribution in [0.15, 0.2) is 40.8 Å². The maximum Gasteiger partial charge on any atom is 0.534 e. The highest BCUT2D eigenvalue weighted by Gasteiger charge is 2.49. The first-order chi connectivity index (χ1) is 13.4. The number of aryl methyl sites for hydroxylation is 1. The summed E-state index contributed by atoms with van der Waals surface area (Å²) in [5.74, 6) is -0.734. The Hall–Kier alpha value is -2.79. The second-order valence-corrected chi connectivity index (χ2v) is 7.80. The van der Waals surface area contributed by atoms with Gasteiger partial charge in [-0.1, -0.05) is 18.5 Å². The van der Waals surface area contributed by atoms with Gasteiger partial charge < -0.3 is 8.60 Å². The molecule has 0 aliphatic carbocycles. The van der Waals surface area contributed by atoms with Crippen LogP contribution in [0.2, 0.25) is 5.02 Å². The van der Waals surface area contributed by atoms with Gasteiger partial charge in [0.15, 0.2) is 0 Å². The second kappa shape index (κ2) is 7.23. The predicted octanol–water partition coefficient (Wildman–Crippen LogP) is 5.45. The molecule has 3 rings (SSSR count). The summed E-state index contributed by atoms with van der Waals surface area (Å²) >= 11 is 5.86. The van der Waals surface area contributed by atoms with Crippen molar-refractivity contribution in [2.75, 3.05) is 0 Å². The van der Waals surface area contributed by atoms with Crippen LogP contribution < -0.4 is 4.18 Å². The van der Waals surface area contributed by atoms with E-state index in [9.17, 15) is 31.7 Å². The van der Waals surface area contributed by atoms with Crippen LogP contribution in [0.1, 0.15) is 12.5 Å². The lowest BCUT2D eigenvalue weighted by molar-refractivity contribution is -0.385. The molecule has 0 aliphatic heterocycles. The molecule has 29 heavy (non-hydrogen) atoms. The SMILES string of the molecule is CCc1c(-c2ccc(Cl)cc2)oc2cc([N+](=O)[O-])c(OS(=O)(=O)C(F)(F)F)cc12. The third-order valence-electron chi connectivity index (χ3n) is 4.01. The van der Waals surface area contributed by atoms with Crippen LogP contribution in [-0.4, -0.2) is 18.8 Å². The predicted molar refractivity (Wildman–Crippen MR) is 98.3 cm³/mol. The monoisotopic (exact) mass is 449 g/mol. The summed E-state index contributed by atoms with van der Waals surface area (Å²) < 4.78 is 70.4. The van der Waals surface area contributed by atoms with Gasteiger partial charge in [-0.2, -0.15) is 21.6 Å². The van der Waals surface area contributed by atoms with Crippen LogP contribution in [0, 0.1) is 10.1 Å². The Labute approximate surface area is 166 Å². The molecule has 1 aromatic heterocycles. The number of hydrogen-bond acceptors (Lipinski definition) is 6.